The second-order valence-corrected chi connectivity index (χ2v) is 7.47. The van der Waals surface area contributed by atoms with Crippen molar-refractivity contribution in [3.8, 4) is 0 Å². The number of hydrogen-bond donors (Lipinski definition) is 2. The van der Waals surface area contributed by atoms with Crippen molar-refractivity contribution in [1.82, 2.24) is 14.8 Å². The summed E-state index contributed by atoms with van der Waals surface area (Å²) in [6, 6.07) is 4.22. The number of amides is 1. The largest absolute Gasteiger partial charge is 0.327 e. The second kappa shape index (κ2) is 6.96. The molecule has 2 aromatic heterocycles. The Morgan fingerprint density at radius 2 is 1.96 bits per heavy atom. The van der Waals surface area contributed by atoms with E-state index in [0.29, 0.717) is 24.4 Å². The fourth-order valence-corrected chi connectivity index (χ4v) is 4.44. The van der Waals surface area contributed by atoms with Gasteiger partial charge in [0.2, 0.25) is 5.91 Å². The number of nitrogens with two attached hydrogens (primary N) is 1. The average molecular weight is 339 g/mol. The number of carbonyl (C=O) groups is 1. The first-order valence-corrected chi connectivity index (χ1v) is 9.17. The predicted molar refractivity (Wildman–Crippen MR) is 95.7 cm³/mol. The molecule has 3 N–H and O–H groups in total. The molecule has 2 atom stereocenters. The summed E-state index contributed by atoms with van der Waals surface area (Å²) in [5.74, 6) is 1.22. The van der Waals surface area contributed by atoms with Crippen LogP contribution < -0.4 is 11.1 Å². The van der Waals surface area contributed by atoms with Crippen LogP contribution in [-0.2, 0) is 11.3 Å². The topological polar surface area (TPSA) is 85.8 Å². The summed E-state index contributed by atoms with van der Waals surface area (Å²) in [5, 5.41) is 7.39. The number of pyridine rings is 1. The molecule has 2 aliphatic carbocycles. The van der Waals surface area contributed by atoms with Crippen molar-refractivity contribution in [2.45, 2.75) is 44.7 Å². The fourth-order valence-electron chi connectivity index (χ4n) is 4.44. The maximum atomic E-state index is 12.7. The molecule has 6 nitrogen and oxygen atoms in total. The van der Waals surface area contributed by atoms with Gasteiger partial charge in [-0.15, -0.1) is 0 Å². The zero-order valence-corrected chi connectivity index (χ0v) is 14.3. The first-order chi connectivity index (χ1) is 12.2. The van der Waals surface area contributed by atoms with Gasteiger partial charge in [-0.25, -0.2) is 0 Å². The van der Waals surface area contributed by atoms with Crippen LogP contribution in [0.1, 0.15) is 37.7 Å². The predicted octanol–water partition coefficient (Wildman–Crippen LogP) is 2.42. The fraction of sp³-hybridized carbons (Fsp3) is 0.526. The van der Waals surface area contributed by atoms with E-state index in [1.54, 1.807) is 18.6 Å². The third-order valence-electron chi connectivity index (χ3n) is 5.78. The molecular weight excluding hydrogens is 314 g/mol. The quantitative estimate of drug-likeness (QED) is 0.896. The number of anilines is 1. The van der Waals surface area contributed by atoms with Crippen molar-refractivity contribution in [3.63, 3.8) is 0 Å². The van der Waals surface area contributed by atoms with Gasteiger partial charge in [-0.05, 0) is 55.2 Å². The highest BCUT2D eigenvalue weighted by molar-refractivity contribution is 5.92. The third kappa shape index (κ3) is 3.58. The number of fused-ring (bicyclic) bond motifs is 2. The molecule has 2 heterocycles. The summed E-state index contributed by atoms with van der Waals surface area (Å²) in [7, 11) is 0. The summed E-state index contributed by atoms with van der Waals surface area (Å²) in [6.45, 7) is 0.667. The lowest BCUT2D eigenvalue weighted by molar-refractivity contribution is -0.122. The first kappa shape index (κ1) is 16.3. The van der Waals surface area contributed by atoms with Gasteiger partial charge in [-0.3, -0.25) is 14.5 Å². The van der Waals surface area contributed by atoms with Crippen LogP contribution in [-0.4, -0.2) is 26.7 Å². The Morgan fingerprint density at radius 3 is 2.68 bits per heavy atom. The molecule has 0 saturated heterocycles. The molecule has 2 aliphatic rings. The summed E-state index contributed by atoms with van der Waals surface area (Å²) >= 11 is 0. The minimum atomic E-state index is 0.0821. The first-order valence-electron chi connectivity index (χ1n) is 9.17. The van der Waals surface area contributed by atoms with E-state index >= 15 is 0 Å². The maximum Gasteiger partial charge on any atom is 0.227 e. The monoisotopic (exact) mass is 339 g/mol. The van der Waals surface area contributed by atoms with Crippen molar-refractivity contribution in [2.75, 3.05) is 5.32 Å². The smallest absolute Gasteiger partial charge is 0.227 e. The van der Waals surface area contributed by atoms with Crippen LogP contribution in [0.4, 0.5) is 5.69 Å². The normalized spacial score (nSPS) is 28.5. The van der Waals surface area contributed by atoms with E-state index in [4.69, 9.17) is 5.73 Å². The van der Waals surface area contributed by atoms with Crippen LogP contribution in [0.15, 0.2) is 36.9 Å². The molecule has 4 rings (SSSR count). The molecule has 1 amide bonds. The van der Waals surface area contributed by atoms with Crippen molar-refractivity contribution in [2.24, 2.45) is 23.5 Å². The zero-order valence-electron chi connectivity index (χ0n) is 14.3. The highest BCUT2D eigenvalue weighted by Crippen LogP contribution is 2.42. The van der Waals surface area contributed by atoms with Gasteiger partial charge >= 0.3 is 0 Å². The third-order valence-corrected chi connectivity index (χ3v) is 5.78. The highest BCUT2D eigenvalue weighted by Gasteiger charge is 2.40. The number of nitrogens with zero attached hydrogens (tertiary/aromatic N) is 3. The molecule has 6 heteroatoms. The zero-order chi connectivity index (χ0) is 17.2. The molecule has 0 spiro atoms. The molecule has 25 heavy (non-hydrogen) atoms. The van der Waals surface area contributed by atoms with Gasteiger partial charge in [-0.2, -0.15) is 5.10 Å². The van der Waals surface area contributed by atoms with E-state index in [9.17, 15) is 4.79 Å². The minimum absolute atomic E-state index is 0.0821. The summed E-state index contributed by atoms with van der Waals surface area (Å²) in [5.41, 5.74) is 8.22. The molecule has 2 fully saturated rings. The lowest BCUT2D eigenvalue weighted by atomic mass is 9.65. The van der Waals surface area contributed by atoms with E-state index in [-0.39, 0.29) is 11.8 Å². The number of nitrogens with one attached hydrogen (secondary N) is 1. The van der Waals surface area contributed by atoms with Gasteiger partial charge in [0, 0.05) is 30.6 Å². The lowest BCUT2D eigenvalue weighted by Gasteiger charge is -2.43. The van der Waals surface area contributed by atoms with E-state index in [1.165, 1.54) is 19.3 Å². The van der Waals surface area contributed by atoms with E-state index in [1.807, 2.05) is 23.0 Å². The maximum absolute atomic E-state index is 12.7. The van der Waals surface area contributed by atoms with Gasteiger partial charge in [0.15, 0.2) is 0 Å². The Balaban J connectivity index is 1.37. The second-order valence-electron chi connectivity index (χ2n) is 7.47. The van der Waals surface area contributed by atoms with Crippen LogP contribution in [0.3, 0.4) is 0 Å². The molecule has 2 saturated carbocycles. The van der Waals surface area contributed by atoms with Crippen LogP contribution >= 0.6 is 0 Å². The van der Waals surface area contributed by atoms with Gasteiger partial charge in [-0.1, -0.05) is 6.42 Å². The standard InChI is InChI=1S/C19H25N5O/c20-18-14-2-1-3-15(18)9-16(8-14)19(25)23-17-10-22-24(12-17)11-13-4-6-21-7-5-13/h4-7,10,12,14-16,18H,1-3,8-9,11,20H2,(H,23,25). The van der Waals surface area contributed by atoms with Gasteiger partial charge in [0.1, 0.15) is 0 Å². The molecule has 0 aromatic carbocycles. The molecule has 2 bridgehead atoms. The average Bonchev–Trinajstić information content (AvgIpc) is 3.02. The molecular formula is C19H25N5O. The number of carbonyl (C=O) groups excluding carboxylic acids is 1. The SMILES string of the molecule is NC1C2CCCC1CC(C(=O)Nc1cnn(Cc3ccncc3)c1)C2. The minimum Gasteiger partial charge on any atom is -0.327 e. The Labute approximate surface area is 147 Å². The van der Waals surface area contributed by atoms with Crippen molar-refractivity contribution in [3.05, 3.63) is 42.5 Å². The summed E-state index contributed by atoms with van der Waals surface area (Å²) in [6.07, 6.45) is 12.6. The van der Waals surface area contributed by atoms with E-state index < -0.39 is 0 Å². The number of aromatic nitrogens is 3. The van der Waals surface area contributed by atoms with E-state index in [2.05, 4.69) is 15.4 Å². The van der Waals surface area contributed by atoms with Crippen LogP contribution in [0.2, 0.25) is 0 Å². The van der Waals surface area contributed by atoms with Crippen LogP contribution in [0.25, 0.3) is 0 Å². The molecule has 2 aromatic rings. The molecule has 0 radical (unpaired) electrons. The molecule has 0 aliphatic heterocycles. The molecule has 2 unspecified atom stereocenters. The van der Waals surface area contributed by atoms with Crippen molar-refractivity contribution >= 4 is 11.6 Å². The summed E-state index contributed by atoms with van der Waals surface area (Å²) < 4.78 is 1.83. The highest BCUT2D eigenvalue weighted by atomic mass is 16.1. The number of hydrogen-bond acceptors (Lipinski definition) is 4. The van der Waals surface area contributed by atoms with Gasteiger partial charge in [0.05, 0.1) is 18.4 Å². The number of rotatable bonds is 4. The van der Waals surface area contributed by atoms with Crippen molar-refractivity contribution in [1.29, 1.82) is 0 Å². The Morgan fingerprint density at radius 1 is 1.24 bits per heavy atom. The summed E-state index contributed by atoms with van der Waals surface area (Å²) in [4.78, 5) is 16.7. The lowest BCUT2D eigenvalue weighted by Crippen LogP contribution is -2.48. The Hall–Kier alpha value is -2.21. The van der Waals surface area contributed by atoms with Crippen molar-refractivity contribution < 1.29 is 4.79 Å². The van der Waals surface area contributed by atoms with Gasteiger partial charge in [0.25, 0.3) is 0 Å². The van der Waals surface area contributed by atoms with Gasteiger partial charge < -0.3 is 11.1 Å². The molecule has 132 valence electrons. The Kier molecular flexibility index (Phi) is 4.53. The van der Waals surface area contributed by atoms with Crippen LogP contribution in [0, 0.1) is 17.8 Å². The Bertz CT molecular complexity index is 714. The van der Waals surface area contributed by atoms with E-state index in [0.717, 1.165) is 24.1 Å². The van der Waals surface area contributed by atoms with Crippen LogP contribution in [0.5, 0.6) is 0 Å².